The van der Waals surface area contributed by atoms with E-state index in [1.807, 2.05) is 25.4 Å². The second kappa shape index (κ2) is 5.06. The average molecular weight is 298 g/mol. The molecule has 5 heteroatoms. The molecule has 0 saturated heterocycles. The van der Waals surface area contributed by atoms with E-state index in [0.717, 1.165) is 28.1 Å². The van der Waals surface area contributed by atoms with E-state index < -0.39 is 0 Å². The lowest BCUT2D eigenvalue weighted by Crippen LogP contribution is -2.24. The van der Waals surface area contributed by atoms with Crippen molar-refractivity contribution in [1.29, 1.82) is 0 Å². The molecule has 0 spiro atoms. The Bertz CT molecular complexity index is 524. The van der Waals surface area contributed by atoms with Gasteiger partial charge in [0.25, 0.3) is 0 Å². The van der Waals surface area contributed by atoms with Crippen LogP contribution in [-0.4, -0.2) is 29.6 Å². The van der Waals surface area contributed by atoms with Gasteiger partial charge in [-0.3, -0.25) is 0 Å². The average Bonchev–Trinajstić information content (AvgIpc) is 2.65. The van der Waals surface area contributed by atoms with Gasteiger partial charge in [-0.1, -0.05) is 0 Å². The zero-order chi connectivity index (χ0) is 12.4. The van der Waals surface area contributed by atoms with Gasteiger partial charge in [0.2, 0.25) is 0 Å². The first kappa shape index (κ1) is 12.4. The van der Waals surface area contributed by atoms with Gasteiger partial charge < -0.3 is 14.5 Å². The summed E-state index contributed by atoms with van der Waals surface area (Å²) in [5, 5.41) is 3.22. The molecule has 17 heavy (non-hydrogen) atoms. The zero-order valence-corrected chi connectivity index (χ0v) is 11.8. The minimum atomic E-state index is 0.398. The molecule has 0 fully saturated rings. The monoisotopic (exact) mass is 297 g/mol. The fourth-order valence-corrected chi connectivity index (χ4v) is 2.25. The molecule has 0 aliphatic rings. The first-order valence-corrected chi connectivity index (χ1v) is 6.32. The van der Waals surface area contributed by atoms with Gasteiger partial charge in [0.15, 0.2) is 0 Å². The van der Waals surface area contributed by atoms with Gasteiger partial charge >= 0.3 is 0 Å². The van der Waals surface area contributed by atoms with Crippen LogP contribution in [0, 0.1) is 0 Å². The Morgan fingerprint density at radius 3 is 3.00 bits per heavy atom. The molecular weight excluding hydrogens is 282 g/mol. The van der Waals surface area contributed by atoms with Crippen LogP contribution in [0.1, 0.15) is 12.7 Å². The molecule has 0 aliphatic carbocycles. The third-order valence-corrected chi connectivity index (χ3v) is 3.44. The first-order chi connectivity index (χ1) is 8.15. The highest BCUT2D eigenvalue weighted by atomic mass is 79.9. The van der Waals surface area contributed by atoms with Crippen molar-refractivity contribution in [2.75, 3.05) is 14.2 Å². The van der Waals surface area contributed by atoms with Crippen molar-refractivity contribution in [3.63, 3.8) is 0 Å². The largest absolute Gasteiger partial charge is 0.497 e. The molecule has 1 N–H and O–H groups in total. The maximum absolute atomic E-state index is 5.21. The predicted molar refractivity (Wildman–Crippen MR) is 71.7 cm³/mol. The smallest absolute Gasteiger partial charge is 0.132 e. The molecule has 4 nitrogen and oxygen atoms in total. The summed E-state index contributed by atoms with van der Waals surface area (Å²) in [5.74, 6) is 1.88. The molecule has 2 heterocycles. The molecule has 2 aromatic rings. The number of imidazole rings is 1. The maximum atomic E-state index is 5.21. The zero-order valence-electron chi connectivity index (χ0n) is 10.2. The van der Waals surface area contributed by atoms with Gasteiger partial charge in [0, 0.05) is 24.7 Å². The number of nitrogens with one attached hydrogen (secondary N) is 1. The molecule has 1 atom stereocenters. The number of nitrogens with zero attached hydrogens (tertiary/aromatic N) is 2. The van der Waals surface area contributed by atoms with Crippen LogP contribution < -0.4 is 10.1 Å². The maximum Gasteiger partial charge on any atom is 0.132 e. The van der Waals surface area contributed by atoms with E-state index >= 15 is 0 Å². The Hall–Kier alpha value is -1.07. The lowest BCUT2D eigenvalue weighted by atomic mass is 10.2. The molecular formula is C12H16BrN3O. The first-order valence-electron chi connectivity index (χ1n) is 5.53. The third-order valence-electron chi connectivity index (χ3n) is 2.86. The van der Waals surface area contributed by atoms with Crippen LogP contribution in [0.2, 0.25) is 0 Å². The molecule has 0 radical (unpaired) electrons. The summed E-state index contributed by atoms with van der Waals surface area (Å²) in [6.45, 7) is 2.14. The standard InChI is InChI=1S/C12H16BrN3O/c1-8(14-2)6-11-15-12(13)10-7-9(17-3)4-5-16(10)11/h4-5,7-8,14H,6H2,1-3H3. The highest BCUT2D eigenvalue weighted by molar-refractivity contribution is 9.10. The van der Waals surface area contributed by atoms with E-state index in [1.54, 1.807) is 7.11 Å². The third kappa shape index (κ3) is 2.45. The summed E-state index contributed by atoms with van der Waals surface area (Å²) in [6.07, 6.45) is 2.87. The summed E-state index contributed by atoms with van der Waals surface area (Å²) in [6, 6.07) is 4.31. The number of pyridine rings is 1. The van der Waals surface area contributed by atoms with Crippen LogP contribution in [0.4, 0.5) is 0 Å². The minimum absolute atomic E-state index is 0.398. The molecule has 0 saturated carbocycles. The van der Waals surface area contributed by atoms with Gasteiger partial charge in [-0.25, -0.2) is 4.98 Å². The highest BCUT2D eigenvalue weighted by Gasteiger charge is 2.11. The second-order valence-corrected chi connectivity index (χ2v) is 4.79. The van der Waals surface area contributed by atoms with Crippen LogP contribution in [0.25, 0.3) is 5.52 Å². The summed E-state index contributed by atoms with van der Waals surface area (Å²) in [5.41, 5.74) is 1.03. The number of halogens is 1. The number of fused-ring (bicyclic) bond motifs is 1. The molecule has 0 aliphatic heterocycles. The predicted octanol–water partition coefficient (Wildman–Crippen LogP) is 2.26. The van der Waals surface area contributed by atoms with E-state index in [0.29, 0.717) is 6.04 Å². The van der Waals surface area contributed by atoms with Gasteiger partial charge in [0.1, 0.15) is 16.2 Å². The fraction of sp³-hybridized carbons (Fsp3) is 0.417. The molecule has 92 valence electrons. The van der Waals surface area contributed by atoms with Gasteiger partial charge in [0.05, 0.1) is 12.6 Å². The summed E-state index contributed by atoms with van der Waals surface area (Å²) >= 11 is 3.49. The van der Waals surface area contributed by atoms with Gasteiger partial charge in [-0.05, 0) is 36.0 Å². The lowest BCUT2D eigenvalue weighted by Gasteiger charge is -2.09. The molecule has 1 unspecified atom stereocenters. The number of methoxy groups -OCH3 is 1. The number of hydrogen-bond acceptors (Lipinski definition) is 3. The van der Waals surface area contributed by atoms with Gasteiger partial charge in [-0.15, -0.1) is 0 Å². The SMILES string of the molecule is CNC(C)Cc1nc(Br)c2cc(OC)ccn12. The molecule has 0 amide bonds. The van der Waals surface area contributed by atoms with Crippen LogP contribution in [-0.2, 0) is 6.42 Å². The molecule has 2 aromatic heterocycles. The van der Waals surface area contributed by atoms with E-state index in [-0.39, 0.29) is 0 Å². The Balaban J connectivity index is 2.45. The highest BCUT2D eigenvalue weighted by Crippen LogP contribution is 2.23. The van der Waals surface area contributed by atoms with Crippen molar-refractivity contribution in [1.82, 2.24) is 14.7 Å². The second-order valence-electron chi connectivity index (χ2n) is 4.03. The van der Waals surface area contributed by atoms with Crippen LogP contribution in [0.5, 0.6) is 5.75 Å². The number of likely N-dealkylation sites (N-methyl/N-ethyl adjacent to an activating group) is 1. The fourth-order valence-electron chi connectivity index (χ4n) is 1.74. The van der Waals surface area contributed by atoms with Crippen molar-refractivity contribution >= 4 is 21.4 Å². The minimum Gasteiger partial charge on any atom is -0.497 e. The number of aromatic nitrogens is 2. The lowest BCUT2D eigenvalue weighted by molar-refractivity contribution is 0.414. The summed E-state index contributed by atoms with van der Waals surface area (Å²) in [4.78, 5) is 4.54. The normalized spacial score (nSPS) is 12.9. The van der Waals surface area contributed by atoms with E-state index in [9.17, 15) is 0 Å². The van der Waals surface area contributed by atoms with Crippen molar-refractivity contribution in [2.24, 2.45) is 0 Å². The van der Waals surface area contributed by atoms with Crippen LogP contribution in [0.3, 0.4) is 0 Å². The van der Waals surface area contributed by atoms with E-state index in [1.165, 1.54) is 0 Å². The van der Waals surface area contributed by atoms with Gasteiger partial charge in [-0.2, -0.15) is 0 Å². The summed E-state index contributed by atoms with van der Waals surface area (Å²) < 4.78 is 8.15. The molecule has 0 bridgehead atoms. The number of ether oxygens (including phenoxy) is 1. The Morgan fingerprint density at radius 1 is 1.59 bits per heavy atom. The van der Waals surface area contributed by atoms with Crippen LogP contribution >= 0.6 is 15.9 Å². The van der Waals surface area contributed by atoms with Crippen molar-refractivity contribution in [2.45, 2.75) is 19.4 Å². The Labute approximate surface area is 109 Å². The van der Waals surface area contributed by atoms with Crippen molar-refractivity contribution in [3.8, 4) is 5.75 Å². The Kier molecular flexibility index (Phi) is 3.69. The molecule has 0 aromatic carbocycles. The van der Waals surface area contributed by atoms with E-state index in [2.05, 4.69) is 37.6 Å². The summed E-state index contributed by atoms with van der Waals surface area (Å²) in [7, 11) is 3.62. The Morgan fingerprint density at radius 2 is 2.35 bits per heavy atom. The number of rotatable bonds is 4. The number of hydrogen-bond donors (Lipinski definition) is 1. The van der Waals surface area contributed by atoms with E-state index in [4.69, 9.17) is 4.74 Å². The van der Waals surface area contributed by atoms with Crippen molar-refractivity contribution in [3.05, 3.63) is 28.8 Å². The quantitative estimate of drug-likeness (QED) is 0.941. The van der Waals surface area contributed by atoms with Crippen molar-refractivity contribution < 1.29 is 4.74 Å². The van der Waals surface area contributed by atoms with Crippen LogP contribution in [0.15, 0.2) is 22.9 Å². The molecule has 2 rings (SSSR count). The topological polar surface area (TPSA) is 38.6 Å².